The molecule has 0 spiro atoms. The van der Waals surface area contributed by atoms with E-state index in [4.69, 9.17) is 11.6 Å². The molecule has 0 aliphatic rings. The van der Waals surface area contributed by atoms with Gasteiger partial charge in [0.1, 0.15) is 10.7 Å². The fourth-order valence-electron chi connectivity index (χ4n) is 1.92. The van der Waals surface area contributed by atoms with Crippen molar-refractivity contribution in [1.29, 1.82) is 0 Å². The van der Waals surface area contributed by atoms with Crippen molar-refractivity contribution >= 4 is 27.4 Å². The number of halogens is 1. The molecule has 0 bridgehead atoms. The molecule has 7 heteroatoms. The molecule has 0 aliphatic carbocycles. The van der Waals surface area contributed by atoms with Crippen LogP contribution in [0, 0.1) is 0 Å². The Balaban J connectivity index is 3.18. The van der Waals surface area contributed by atoms with Crippen LogP contribution < -0.4 is 5.32 Å². The Bertz CT molecular complexity index is 549. The third kappa shape index (κ3) is 3.62. The van der Waals surface area contributed by atoms with Crippen molar-refractivity contribution in [2.75, 3.05) is 18.4 Å². The number of sulfonamides is 1. The minimum absolute atomic E-state index is 0.0581. The zero-order chi connectivity index (χ0) is 15.3. The molecule has 1 heterocycles. The highest BCUT2D eigenvalue weighted by Crippen LogP contribution is 2.25. The molecule has 0 fully saturated rings. The molecule has 5 nitrogen and oxygen atoms in total. The molecular weight excluding hydrogens is 298 g/mol. The fraction of sp³-hybridized carbons (Fsp3) is 0.615. The van der Waals surface area contributed by atoms with Crippen LogP contribution >= 0.6 is 11.6 Å². The number of rotatable bonds is 7. The molecule has 0 saturated heterocycles. The van der Waals surface area contributed by atoms with E-state index in [0.717, 1.165) is 6.42 Å². The molecule has 0 saturated carbocycles. The van der Waals surface area contributed by atoms with Crippen LogP contribution in [0.5, 0.6) is 0 Å². The van der Waals surface area contributed by atoms with Crippen molar-refractivity contribution in [3.8, 4) is 0 Å². The van der Waals surface area contributed by atoms with Gasteiger partial charge in [-0.25, -0.2) is 13.4 Å². The van der Waals surface area contributed by atoms with Crippen molar-refractivity contribution in [1.82, 2.24) is 9.29 Å². The molecule has 1 atom stereocenters. The lowest BCUT2D eigenvalue weighted by Gasteiger charge is -2.26. The fourth-order valence-corrected chi connectivity index (χ4v) is 3.90. The van der Waals surface area contributed by atoms with Crippen LogP contribution in [0.25, 0.3) is 0 Å². The van der Waals surface area contributed by atoms with Gasteiger partial charge < -0.3 is 5.32 Å². The zero-order valence-corrected chi connectivity index (χ0v) is 13.9. The topological polar surface area (TPSA) is 62.3 Å². The summed E-state index contributed by atoms with van der Waals surface area (Å²) in [4.78, 5) is 4.22. The SMILES string of the molecule is CCNc1ncc(S(=O)(=O)N(CC)C(C)CC)cc1Cl. The number of nitrogens with one attached hydrogen (secondary N) is 1. The Labute approximate surface area is 126 Å². The van der Waals surface area contributed by atoms with E-state index < -0.39 is 10.0 Å². The van der Waals surface area contributed by atoms with Gasteiger partial charge in [-0.3, -0.25) is 0 Å². The minimum Gasteiger partial charge on any atom is -0.369 e. The predicted molar refractivity (Wildman–Crippen MR) is 82.7 cm³/mol. The first-order valence-corrected chi connectivity index (χ1v) is 8.61. The number of hydrogen-bond donors (Lipinski definition) is 1. The molecular formula is C13H22ClN3O2S. The van der Waals surface area contributed by atoms with Gasteiger partial charge in [-0.2, -0.15) is 4.31 Å². The second kappa shape index (κ2) is 7.24. The first kappa shape index (κ1) is 17.2. The van der Waals surface area contributed by atoms with E-state index in [1.54, 1.807) is 0 Å². The van der Waals surface area contributed by atoms with E-state index in [0.29, 0.717) is 23.9 Å². The van der Waals surface area contributed by atoms with Gasteiger partial charge in [0.25, 0.3) is 0 Å². The third-order valence-corrected chi connectivity index (χ3v) is 5.50. The van der Waals surface area contributed by atoms with Crippen molar-refractivity contribution in [3.63, 3.8) is 0 Å². The van der Waals surface area contributed by atoms with Crippen LogP contribution in [0.3, 0.4) is 0 Å². The number of anilines is 1. The van der Waals surface area contributed by atoms with Crippen molar-refractivity contribution in [2.45, 2.75) is 45.1 Å². The Morgan fingerprint density at radius 1 is 1.40 bits per heavy atom. The standard InChI is InChI=1S/C13H22ClN3O2S/c1-5-10(4)17(7-3)20(18,19)11-8-12(14)13(15-6-2)16-9-11/h8-10H,5-7H2,1-4H3,(H,15,16). The Morgan fingerprint density at radius 3 is 2.50 bits per heavy atom. The van der Waals surface area contributed by atoms with Gasteiger partial charge in [0, 0.05) is 25.3 Å². The average molecular weight is 320 g/mol. The van der Waals surface area contributed by atoms with Gasteiger partial charge in [-0.1, -0.05) is 25.4 Å². The largest absolute Gasteiger partial charge is 0.369 e. The van der Waals surface area contributed by atoms with Gasteiger partial charge in [-0.05, 0) is 26.3 Å². The predicted octanol–water partition coefficient (Wildman–Crippen LogP) is 2.98. The summed E-state index contributed by atoms with van der Waals surface area (Å²) in [6, 6.07) is 1.39. The Kier molecular flexibility index (Phi) is 6.23. The van der Waals surface area contributed by atoms with E-state index in [2.05, 4.69) is 10.3 Å². The van der Waals surface area contributed by atoms with Crippen molar-refractivity contribution in [2.24, 2.45) is 0 Å². The minimum atomic E-state index is -3.56. The van der Waals surface area contributed by atoms with Crippen LogP contribution in [-0.2, 0) is 10.0 Å². The lowest BCUT2D eigenvalue weighted by Crippen LogP contribution is -2.38. The molecule has 1 aromatic rings. The second-order valence-corrected chi connectivity index (χ2v) is 6.80. The summed E-state index contributed by atoms with van der Waals surface area (Å²) in [6.07, 6.45) is 2.11. The summed E-state index contributed by atoms with van der Waals surface area (Å²) in [5.41, 5.74) is 0. The van der Waals surface area contributed by atoms with E-state index >= 15 is 0 Å². The molecule has 1 N–H and O–H groups in total. The monoisotopic (exact) mass is 319 g/mol. The second-order valence-electron chi connectivity index (χ2n) is 4.50. The van der Waals surface area contributed by atoms with E-state index in [9.17, 15) is 8.42 Å². The molecule has 1 rings (SSSR count). The molecule has 0 aliphatic heterocycles. The van der Waals surface area contributed by atoms with E-state index in [1.165, 1.54) is 16.6 Å². The molecule has 20 heavy (non-hydrogen) atoms. The van der Waals surface area contributed by atoms with Crippen LogP contribution in [0.4, 0.5) is 5.82 Å². The first-order valence-electron chi connectivity index (χ1n) is 6.79. The molecule has 1 aromatic heterocycles. The molecule has 0 aromatic carbocycles. The summed E-state index contributed by atoms with van der Waals surface area (Å²) in [5.74, 6) is 0.500. The maximum Gasteiger partial charge on any atom is 0.244 e. The average Bonchev–Trinajstić information content (AvgIpc) is 2.41. The molecule has 0 amide bonds. The third-order valence-electron chi connectivity index (χ3n) is 3.16. The highest BCUT2D eigenvalue weighted by Gasteiger charge is 2.27. The molecule has 0 radical (unpaired) electrons. The first-order chi connectivity index (χ1) is 9.38. The summed E-state index contributed by atoms with van der Waals surface area (Å²) >= 11 is 6.07. The summed E-state index contributed by atoms with van der Waals surface area (Å²) in [5, 5.41) is 3.29. The maximum absolute atomic E-state index is 12.6. The number of pyridine rings is 1. The van der Waals surface area contributed by atoms with E-state index in [1.807, 2.05) is 27.7 Å². The van der Waals surface area contributed by atoms with Crippen molar-refractivity contribution < 1.29 is 8.42 Å². The van der Waals surface area contributed by atoms with Crippen LogP contribution in [-0.4, -0.2) is 36.8 Å². The van der Waals surface area contributed by atoms with Gasteiger partial charge in [0.05, 0.1) is 5.02 Å². The highest BCUT2D eigenvalue weighted by molar-refractivity contribution is 7.89. The number of hydrogen-bond acceptors (Lipinski definition) is 4. The van der Waals surface area contributed by atoms with Crippen molar-refractivity contribution in [3.05, 3.63) is 17.3 Å². The number of aromatic nitrogens is 1. The highest BCUT2D eigenvalue weighted by atomic mass is 35.5. The van der Waals surface area contributed by atoms with Crippen LogP contribution in [0.2, 0.25) is 5.02 Å². The van der Waals surface area contributed by atoms with Gasteiger partial charge in [0.2, 0.25) is 10.0 Å². The van der Waals surface area contributed by atoms with E-state index in [-0.39, 0.29) is 10.9 Å². The summed E-state index contributed by atoms with van der Waals surface area (Å²) in [7, 11) is -3.56. The van der Waals surface area contributed by atoms with Gasteiger partial charge in [-0.15, -0.1) is 0 Å². The Hall–Kier alpha value is -0.850. The number of nitrogens with zero attached hydrogens (tertiary/aromatic N) is 2. The molecule has 1 unspecified atom stereocenters. The van der Waals surface area contributed by atoms with Gasteiger partial charge in [0.15, 0.2) is 0 Å². The molecule has 114 valence electrons. The summed E-state index contributed by atoms with van der Waals surface area (Å²) < 4.78 is 26.6. The van der Waals surface area contributed by atoms with Gasteiger partial charge >= 0.3 is 0 Å². The lowest BCUT2D eigenvalue weighted by molar-refractivity contribution is 0.342. The smallest absolute Gasteiger partial charge is 0.244 e. The normalized spacial score (nSPS) is 13.5. The lowest BCUT2D eigenvalue weighted by atomic mass is 10.3. The summed E-state index contributed by atoms with van der Waals surface area (Å²) in [6.45, 7) is 8.69. The van der Waals surface area contributed by atoms with Crippen LogP contribution in [0.1, 0.15) is 34.1 Å². The zero-order valence-electron chi connectivity index (χ0n) is 12.4. The quantitative estimate of drug-likeness (QED) is 0.839. The maximum atomic E-state index is 12.6. The van der Waals surface area contributed by atoms with Crippen LogP contribution in [0.15, 0.2) is 17.2 Å². The Morgan fingerprint density at radius 2 is 2.05 bits per heavy atom.